The van der Waals surface area contributed by atoms with Gasteiger partial charge >= 0.3 is 0 Å². The van der Waals surface area contributed by atoms with E-state index in [1.54, 1.807) is 0 Å². The fraction of sp³-hybridized carbons (Fsp3) is 0.278. The van der Waals surface area contributed by atoms with Gasteiger partial charge in [0.1, 0.15) is 10.5 Å². The number of hydrogen-bond donors (Lipinski definition) is 0. The first-order valence-electron chi connectivity index (χ1n) is 7.28. The van der Waals surface area contributed by atoms with Gasteiger partial charge in [0.05, 0.1) is 0 Å². The summed E-state index contributed by atoms with van der Waals surface area (Å²) in [7, 11) is -1.07. The van der Waals surface area contributed by atoms with E-state index in [0.29, 0.717) is 12.2 Å². The van der Waals surface area contributed by atoms with Crippen LogP contribution in [0.1, 0.15) is 24.5 Å². The molecule has 1 heterocycles. The number of ketones is 1. The second kappa shape index (κ2) is 4.38. The molecule has 0 bridgehead atoms. The van der Waals surface area contributed by atoms with Crippen molar-refractivity contribution in [3.8, 4) is 11.1 Å². The summed E-state index contributed by atoms with van der Waals surface area (Å²) in [6.07, 6.45) is 0.430. The SMILES string of the molecule is C[C@@H]1C(=O)CC[S@@](=O)C12c1ccccc1-c1ccccc12. The summed E-state index contributed by atoms with van der Waals surface area (Å²) in [4.78, 5) is 12.4. The average molecular weight is 296 g/mol. The minimum Gasteiger partial charge on any atom is -0.299 e. The molecule has 3 heteroatoms. The van der Waals surface area contributed by atoms with Gasteiger partial charge in [0.25, 0.3) is 0 Å². The van der Waals surface area contributed by atoms with Gasteiger partial charge in [-0.25, -0.2) is 0 Å². The standard InChI is InChI=1S/C18H16O2S/c1-12-17(19)10-11-21(20)18(12)15-8-4-2-6-13(15)14-7-3-5-9-16(14)18/h2-9,12H,10-11H2,1H3/t12-,21-/m1/s1. The van der Waals surface area contributed by atoms with Crippen LogP contribution in [0, 0.1) is 5.92 Å². The van der Waals surface area contributed by atoms with Crippen molar-refractivity contribution >= 4 is 16.6 Å². The minimum absolute atomic E-state index is 0.223. The molecule has 106 valence electrons. The van der Waals surface area contributed by atoms with Gasteiger partial charge in [-0.1, -0.05) is 55.5 Å². The molecule has 4 rings (SSSR count). The van der Waals surface area contributed by atoms with E-state index in [2.05, 4.69) is 12.1 Å². The highest BCUT2D eigenvalue weighted by Crippen LogP contribution is 2.56. The first-order chi connectivity index (χ1) is 10.2. The smallest absolute Gasteiger partial charge is 0.138 e. The molecule has 2 atom stereocenters. The van der Waals surface area contributed by atoms with Crippen molar-refractivity contribution in [3.05, 3.63) is 59.7 Å². The number of carbonyl (C=O) groups is 1. The maximum absolute atomic E-state index is 13.1. The van der Waals surface area contributed by atoms with E-state index in [9.17, 15) is 9.00 Å². The van der Waals surface area contributed by atoms with Crippen LogP contribution in [0.2, 0.25) is 0 Å². The number of benzene rings is 2. The van der Waals surface area contributed by atoms with E-state index >= 15 is 0 Å². The molecule has 0 amide bonds. The Balaban J connectivity index is 2.13. The highest BCUT2D eigenvalue weighted by molar-refractivity contribution is 7.86. The molecular formula is C18H16O2S. The van der Waals surface area contributed by atoms with Gasteiger partial charge in [-0.2, -0.15) is 0 Å². The summed E-state index contributed by atoms with van der Waals surface area (Å²) >= 11 is 0. The van der Waals surface area contributed by atoms with E-state index in [4.69, 9.17) is 0 Å². The lowest BCUT2D eigenvalue weighted by Gasteiger charge is -2.39. The Bertz CT molecular complexity index is 733. The van der Waals surface area contributed by atoms with Crippen LogP contribution < -0.4 is 0 Å². The zero-order valence-corrected chi connectivity index (χ0v) is 12.7. The first kappa shape index (κ1) is 13.0. The lowest BCUT2D eigenvalue weighted by molar-refractivity contribution is -0.123. The number of fused-ring (bicyclic) bond motifs is 5. The van der Waals surface area contributed by atoms with Crippen molar-refractivity contribution in [1.82, 2.24) is 0 Å². The number of carbonyl (C=O) groups excluding carboxylic acids is 1. The topological polar surface area (TPSA) is 34.1 Å². The van der Waals surface area contributed by atoms with Crippen LogP contribution in [0.3, 0.4) is 0 Å². The summed E-state index contributed by atoms with van der Waals surface area (Å²) in [5.74, 6) is 0.448. The van der Waals surface area contributed by atoms with Crippen molar-refractivity contribution in [3.63, 3.8) is 0 Å². The summed E-state index contributed by atoms with van der Waals surface area (Å²) in [5, 5.41) is 0. The second-order valence-corrected chi connectivity index (χ2v) is 7.56. The summed E-state index contributed by atoms with van der Waals surface area (Å²) in [6, 6.07) is 16.2. The van der Waals surface area contributed by atoms with Crippen molar-refractivity contribution in [2.24, 2.45) is 5.92 Å². The maximum atomic E-state index is 13.1. The zero-order valence-electron chi connectivity index (χ0n) is 11.8. The zero-order chi connectivity index (χ0) is 14.6. The van der Waals surface area contributed by atoms with E-state index < -0.39 is 15.5 Å². The molecule has 1 aliphatic heterocycles. The van der Waals surface area contributed by atoms with Crippen LogP contribution in [-0.2, 0) is 20.3 Å². The van der Waals surface area contributed by atoms with E-state index in [-0.39, 0.29) is 11.7 Å². The van der Waals surface area contributed by atoms with Crippen LogP contribution in [-0.4, -0.2) is 15.7 Å². The van der Waals surface area contributed by atoms with Crippen LogP contribution >= 0.6 is 0 Å². The van der Waals surface area contributed by atoms with Gasteiger partial charge in [0.2, 0.25) is 0 Å². The fourth-order valence-corrected chi connectivity index (χ4v) is 6.02. The quantitative estimate of drug-likeness (QED) is 0.748. The summed E-state index contributed by atoms with van der Waals surface area (Å²) in [5.41, 5.74) is 4.38. The first-order valence-corrected chi connectivity index (χ1v) is 8.60. The van der Waals surface area contributed by atoms with Gasteiger partial charge < -0.3 is 0 Å². The Morgan fingerprint density at radius 1 is 1.00 bits per heavy atom. The predicted molar refractivity (Wildman–Crippen MR) is 84.5 cm³/mol. The summed E-state index contributed by atoms with van der Waals surface area (Å²) < 4.78 is 12.4. The van der Waals surface area contributed by atoms with Crippen LogP contribution in [0.15, 0.2) is 48.5 Å². The van der Waals surface area contributed by atoms with Crippen molar-refractivity contribution in [2.75, 3.05) is 5.75 Å². The molecule has 1 aliphatic carbocycles. The van der Waals surface area contributed by atoms with Crippen LogP contribution in [0.25, 0.3) is 11.1 Å². The third-order valence-electron chi connectivity index (χ3n) is 4.93. The Morgan fingerprint density at radius 2 is 1.52 bits per heavy atom. The van der Waals surface area contributed by atoms with Crippen molar-refractivity contribution < 1.29 is 9.00 Å². The van der Waals surface area contributed by atoms with Gasteiger partial charge in [-0.05, 0) is 22.3 Å². The predicted octanol–water partition coefficient (Wildman–Crippen LogP) is 3.27. The third-order valence-corrected chi connectivity index (χ3v) is 7.02. The average Bonchev–Trinajstić information content (AvgIpc) is 2.82. The highest BCUT2D eigenvalue weighted by Gasteiger charge is 2.55. The van der Waals surface area contributed by atoms with Gasteiger partial charge in [0.15, 0.2) is 0 Å². The number of rotatable bonds is 0. The molecular weight excluding hydrogens is 280 g/mol. The highest BCUT2D eigenvalue weighted by atomic mass is 32.2. The molecule has 21 heavy (non-hydrogen) atoms. The van der Waals surface area contributed by atoms with E-state index in [1.165, 1.54) is 0 Å². The monoisotopic (exact) mass is 296 g/mol. The lowest BCUT2D eigenvalue weighted by Crippen LogP contribution is -2.47. The fourth-order valence-electron chi connectivity index (χ4n) is 3.94. The van der Waals surface area contributed by atoms with Gasteiger partial charge in [-0.3, -0.25) is 9.00 Å². The Hall–Kier alpha value is -1.74. The van der Waals surface area contributed by atoms with Gasteiger partial charge in [-0.15, -0.1) is 0 Å². The Kier molecular flexibility index (Phi) is 2.70. The Morgan fingerprint density at radius 3 is 2.10 bits per heavy atom. The Labute approximate surface area is 126 Å². The molecule has 0 radical (unpaired) electrons. The van der Waals surface area contributed by atoms with E-state index in [0.717, 1.165) is 22.3 Å². The maximum Gasteiger partial charge on any atom is 0.138 e. The van der Waals surface area contributed by atoms with Crippen molar-refractivity contribution in [2.45, 2.75) is 18.1 Å². The largest absolute Gasteiger partial charge is 0.299 e. The molecule has 0 N–H and O–H groups in total. The second-order valence-electron chi connectivity index (χ2n) is 5.81. The van der Waals surface area contributed by atoms with Crippen LogP contribution in [0.5, 0.6) is 0 Å². The molecule has 1 fully saturated rings. The molecule has 0 saturated carbocycles. The molecule has 0 aromatic heterocycles. The molecule has 2 aromatic rings. The van der Waals surface area contributed by atoms with E-state index in [1.807, 2.05) is 43.3 Å². The normalized spacial score (nSPS) is 25.7. The minimum atomic E-state index is -1.07. The summed E-state index contributed by atoms with van der Waals surface area (Å²) in [6.45, 7) is 1.94. The van der Waals surface area contributed by atoms with Crippen LogP contribution in [0.4, 0.5) is 0 Å². The van der Waals surface area contributed by atoms with Gasteiger partial charge in [0, 0.05) is 28.9 Å². The molecule has 2 aliphatic rings. The number of hydrogen-bond acceptors (Lipinski definition) is 2. The molecule has 2 nitrogen and oxygen atoms in total. The molecule has 0 unspecified atom stereocenters. The van der Waals surface area contributed by atoms with Crippen molar-refractivity contribution in [1.29, 1.82) is 0 Å². The lowest BCUT2D eigenvalue weighted by atomic mass is 9.80. The molecule has 2 aromatic carbocycles. The number of Topliss-reactive ketones (excluding diaryl/α,β-unsaturated/α-hetero) is 1. The molecule has 1 spiro atoms. The third kappa shape index (κ3) is 1.47. The molecule has 1 saturated heterocycles.